The first-order chi connectivity index (χ1) is 6.36. The fraction of sp³-hybridized carbons (Fsp3) is 0.889. The van der Waals surface area contributed by atoms with Gasteiger partial charge in [0.2, 0.25) is 0 Å². The minimum atomic E-state index is 0.0343. The molecule has 1 aliphatic rings. The summed E-state index contributed by atoms with van der Waals surface area (Å²) in [7, 11) is 0. The fourth-order valence-electron chi connectivity index (χ4n) is 1.45. The highest BCUT2D eigenvalue weighted by Gasteiger charge is 2.19. The van der Waals surface area contributed by atoms with E-state index in [0.717, 1.165) is 45.7 Å². The number of hydrogen-bond donors (Lipinski definition) is 1. The Bertz CT molecular complexity index is 153. The predicted molar refractivity (Wildman–Crippen MR) is 50.5 cm³/mol. The third-order valence-corrected chi connectivity index (χ3v) is 2.16. The molecule has 1 N–H and O–H groups in total. The highest BCUT2D eigenvalue weighted by Crippen LogP contribution is 1.99. The summed E-state index contributed by atoms with van der Waals surface area (Å²) in [5.41, 5.74) is 0. The zero-order chi connectivity index (χ0) is 9.52. The predicted octanol–water partition coefficient (Wildman–Crippen LogP) is -0.157. The molecule has 1 heterocycles. The molecule has 4 nitrogen and oxygen atoms in total. The van der Waals surface area contributed by atoms with Crippen LogP contribution in [0, 0.1) is 0 Å². The number of carbonyl (C=O) groups is 1. The number of hydrogen-bond acceptors (Lipinski definition) is 4. The van der Waals surface area contributed by atoms with Gasteiger partial charge in [-0.15, -0.1) is 0 Å². The van der Waals surface area contributed by atoms with Crippen molar-refractivity contribution in [3.8, 4) is 0 Å². The average molecular weight is 186 g/mol. The summed E-state index contributed by atoms with van der Waals surface area (Å²) in [6.07, 6.45) is 2.02. The van der Waals surface area contributed by atoms with Crippen molar-refractivity contribution in [2.45, 2.75) is 19.4 Å². The Morgan fingerprint density at radius 3 is 3.15 bits per heavy atom. The molecule has 1 atom stereocenters. The van der Waals surface area contributed by atoms with Crippen LogP contribution in [0.2, 0.25) is 0 Å². The number of carbonyl (C=O) groups excluding carboxylic acids is 1. The van der Waals surface area contributed by atoms with Crippen molar-refractivity contribution in [3.05, 3.63) is 0 Å². The zero-order valence-electron chi connectivity index (χ0n) is 8.16. The normalized spacial score (nSPS) is 23.6. The van der Waals surface area contributed by atoms with E-state index in [1.165, 1.54) is 0 Å². The van der Waals surface area contributed by atoms with E-state index in [-0.39, 0.29) is 6.04 Å². The van der Waals surface area contributed by atoms with Crippen LogP contribution in [-0.2, 0) is 9.53 Å². The monoisotopic (exact) mass is 186 g/mol. The Morgan fingerprint density at radius 2 is 2.54 bits per heavy atom. The first kappa shape index (κ1) is 10.6. The van der Waals surface area contributed by atoms with E-state index in [1.54, 1.807) is 0 Å². The largest absolute Gasteiger partial charge is 0.382 e. The lowest BCUT2D eigenvalue weighted by Crippen LogP contribution is -2.24. The van der Waals surface area contributed by atoms with Gasteiger partial charge in [-0.2, -0.15) is 0 Å². The molecule has 0 spiro atoms. The van der Waals surface area contributed by atoms with Crippen LogP contribution < -0.4 is 5.32 Å². The van der Waals surface area contributed by atoms with Gasteiger partial charge in [-0.1, -0.05) is 0 Å². The molecule has 0 radical (unpaired) electrons. The van der Waals surface area contributed by atoms with Crippen LogP contribution in [0.5, 0.6) is 0 Å². The minimum Gasteiger partial charge on any atom is -0.382 e. The molecular formula is C9H18N2O2. The van der Waals surface area contributed by atoms with Gasteiger partial charge in [0, 0.05) is 33.0 Å². The molecule has 0 aromatic carbocycles. The second kappa shape index (κ2) is 6.07. The second-order valence-corrected chi connectivity index (χ2v) is 3.23. The molecule has 0 aliphatic carbocycles. The third kappa shape index (κ3) is 3.85. The molecule has 0 amide bonds. The molecule has 1 rings (SSSR count). The van der Waals surface area contributed by atoms with Crippen molar-refractivity contribution in [1.29, 1.82) is 0 Å². The lowest BCUT2D eigenvalue weighted by Gasteiger charge is -2.12. The van der Waals surface area contributed by atoms with Crippen LogP contribution in [0.4, 0.5) is 0 Å². The van der Waals surface area contributed by atoms with Gasteiger partial charge in [-0.05, 0) is 13.3 Å². The second-order valence-electron chi connectivity index (χ2n) is 3.23. The van der Waals surface area contributed by atoms with Crippen LogP contribution in [0.25, 0.3) is 0 Å². The van der Waals surface area contributed by atoms with E-state index in [4.69, 9.17) is 4.74 Å². The lowest BCUT2D eigenvalue weighted by molar-refractivity contribution is -0.109. The van der Waals surface area contributed by atoms with E-state index in [9.17, 15) is 4.79 Å². The molecule has 76 valence electrons. The van der Waals surface area contributed by atoms with Gasteiger partial charge in [0.25, 0.3) is 0 Å². The molecular weight excluding hydrogens is 168 g/mol. The lowest BCUT2D eigenvalue weighted by atomic mass is 10.3. The van der Waals surface area contributed by atoms with E-state index < -0.39 is 0 Å². The molecule has 0 aromatic rings. The van der Waals surface area contributed by atoms with Gasteiger partial charge in [0.15, 0.2) is 0 Å². The SMILES string of the molecule is CCOCCCN1CNC(C=O)C1. The van der Waals surface area contributed by atoms with Gasteiger partial charge in [-0.25, -0.2) is 0 Å². The highest BCUT2D eigenvalue weighted by molar-refractivity contribution is 5.58. The maximum Gasteiger partial charge on any atom is 0.138 e. The first-order valence-corrected chi connectivity index (χ1v) is 4.85. The van der Waals surface area contributed by atoms with Gasteiger partial charge < -0.3 is 9.53 Å². The van der Waals surface area contributed by atoms with Crippen LogP contribution in [-0.4, -0.2) is 50.2 Å². The van der Waals surface area contributed by atoms with Gasteiger partial charge in [0.1, 0.15) is 6.29 Å². The number of nitrogens with one attached hydrogen (secondary N) is 1. The van der Waals surface area contributed by atoms with Gasteiger partial charge in [0.05, 0.1) is 6.04 Å². The average Bonchev–Trinajstić information content (AvgIpc) is 2.60. The van der Waals surface area contributed by atoms with E-state index in [0.29, 0.717) is 0 Å². The molecule has 1 unspecified atom stereocenters. The van der Waals surface area contributed by atoms with Gasteiger partial charge in [-0.3, -0.25) is 10.2 Å². The molecule has 1 aliphatic heterocycles. The standard InChI is InChI=1S/C9H18N2O2/c1-2-13-5-3-4-11-6-9(7-12)10-8-11/h7,9-10H,2-6,8H2,1H3. The number of ether oxygens (including phenoxy) is 1. The van der Waals surface area contributed by atoms with Gasteiger partial charge >= 0.3 is 0 Å². The summed E-state index contributed by atoms with van der Waals surface area (Å²) in [6.45, 7) is 6.29. The number of rotatable bonds is 6. The molecule has 0 aromatic heterocycles. The van der Waals surface area contributed by atoms with Crippen LogP contribution in [0.3, 0.4) is 0 Å². The highest BCUT2D eigenvalue weighted by atomic mass is 16.5. The summed E-state index contributed by atoms with van der Waals surface area (Å²) >= 11 is 0. The van der Waals surface area contributed by atoms with Crippen molar-refractivity contribution in [1.82, 2.24) is 10.2 Å². The maximum atomic E-state index is 10.4. The Balaban J connectivity index is 2.00. The Hall–Kier alpha value is -0.450. The molecule has 0 saturated carbocycles. The van der Waals surface area contributed by atoms with Crippen molar-refractivity contribution in [2.24, 2.45) is 0 Å². The van der Waals surface area contributed by atoms with Crippen LogP contribution >= 0.6 is 0 Å². The maximum absolute atomic E-state index is 10.4. The van der Waals surface area contributed by atoms with Crippen molar-refractivity contribution >= 4 is 6.29 Å². The molecule has 1 saturated heterocycles. The summed E-state index contributed by atoms with van der Waals surface area (Å²) in [5, 5.41) is 3.11. The van der Waals surface area contributed by atoms with Crippen molar-refractivity contribution < 1.29 is 9.53 Å². The van der Waals surface area contributed by atoms with Crippen molar-refractivity contribution in [2.75, 3.05) is 33.0 Å². The third-order valence-electron chi connectivity index (χ3n) is 2.16. The number of nitrogens with zero attached hydrogens (tertiary/aromatic N) is 1. The minimum absolute atomic E-state index is 0.0343. The topological polar surface area (TPSA) is 41.6 Å². The van der Waals surface area contributed by atoms with Crippen LogP contribution in [0.1, 0.15) is 13.3 Å². The van der Waals surface area contributed by atoms with Crippen molar-refractivity contribution in [3.63, 3.8) is 0 Å². The van der Waals surface area contributed by atoms with E-state index in [1.807, 2.05) is 6.92 Å². The Kier molecular flexibility index (Phi) is 4.97. The number of aldehydes is 1. The first-order valence-electron chi connectivity index (χ1n) is 4.85. The molecule has 4 heteroatoms. The Labute approximate surface area is 79.2 Å². The molecule has 0 bridgehead atoms. The van der Waals surface area contributed by atoms with E-state index >= 15 is 0 Å². The summed E-state index contributed by atoms with van der Waals surface area (Å²) in [4.78, 5) is 12.6. The van der Waals surface area contributed by atoms with Crippen LogP contribution in [0.15, 0.2) is 0 Å². The quantitative estimate of drug-likeness (QED) is 0.462. The summed E-state index contributed by atoms with van der Waals surface area (Å²) in [5.74, 6) is 0. The smallest absolute Gasteiger partial charge is 0.138 e. The molecule has 1 fully saturated rings. The summed E-state index contributed by atoms with van der Waals surface area (Å²) in [6, 6.07) is 0.0343. The van der Waals surface area contributed by atoms with E-state index in [2.05, 4.69) is 10.2 Å². The zero-order valence-corrected chi connectivity index (χ0v) is 8.16. The molecule has 13 heavy (non-hydrogen) atoms. The Morgan fingerprint density at radius 1 is 1.69 bits per heavy atom. The fourth-order valence-corrected chi connectivity index (χ4v) is 1.45. The summed E-state index contributed by atoms with van der Waals surface area (Å²) < 4.78 is 5.23.